The molecule has 232 valence electrons. The highest BCUT2D eigenvalue weighted by Gasteiger charge is 2.22. The average Bonchev–Trinajstić information content (AvgIpc) is 3.30. The first kappa shape index (κ1) is 33.1. The number of nitrogens with zero attached hydrogens (tertiary/aromatic N) is 6. The molecule has 4 N–H and O–H groups in total. The first-order chi connectivity index (χ1) is 20.9. The Kier molecular flexibility index (Phi) is 9.06. The molecule has 4 aromatic rings. The number of hydrogen-bond acceptors (Lipinski definition) is 12. The topological polar surface area (TPSA) is 211 Å². The molecular formula is C28H26N8O6S3. The monoisotopic (exact) mass is 666 g/mol. The lowest BCUT2D eigenvalue weighted by Gasteiger charge is -2.19. The molecule has 4 rings (SSSR count). The SMILES string of the molecule is [C-]#[N+]c1sc(N=Nc2c(Nc3c(C)cc(S(=O)(=O)O)cc3C)nc(Nc3c(C)cc(S(=O)(=O)O)cc3C)c(C#N)c2C)nc1C. The predicted molar refractivity (Wildman–Crippen MR) is 169 cm³/mol. The first-order valence-corrected chi connectivity index (χ1v) is 16.6. The van der Waals surface area contributed by atoms with E-state index in [1.54, 1.807) is 41.5 Å². The summed E-state index contributed by atoms with van der Waals surface area (Å²) < 4.78 is 66.1. The van der Waals surface area contributed by atoms with Crippen LogP contribution in [0.2, 0.25) is 0 Å². The largest absolute Gasteiger partial charge is 0.339 e. The zero-order valence-corrected chi connectivity index (χ0v) is 27.2. The number of nitrogens with one attached hydrogen (secondary N) is 2. The van der Waals surface area contributed by atoms with Crippen LogP contribution in [-0.4, -0.2) is 35.9 Å². The van der Waals surface area contributed by atoms with Crippen LogP contribution >= 0.6 is 11.3 Å². The Bertz CT molecular complexity index is 2170. The fraction of sp³-hybridized carbons (Fsp3) is 0.214. The maximum absolute atomic E-state index is 11.8. The molecule has 17 heteroatoms. The molecule has 14 nitrogen and oxygen atoms in total. The molecule has 0 radical (unpaired) electrons. The van der Waals surface area contributed by atoms with Gasteiger partial charge in [0.25, 0.3) is 25.2 Å². The van der Waals surface area contributed by atoms with Crippen LogP contribution < -0.4 is 10.6 Å². The van der Waals surface area contributed by atoms with Gasteiger partial charge < -0.3 is 10.6 Å². The number of anilines is 4. The van der Waals surface area contributed by atoms with Gasteiger partial charge >= 0.3 is 0 Å². The van der Waals surface area contributed by atoms with E-state index in [9.17, 15) is 31.2 Å². The molecule has 2 aromatic carbocycles. The van der Waals surface area contributed by atoms with Gasteiger partial charge in [0.05, 0.1) is 27.6 Å². The van der Waals surface area contributed by atoms with Crippen LogP contribution in [0.25, 0.3) is 4.85 Å². The van der Waals surface area contributed by atoms with Crippen LogP contribution in [0.4, 0.5) is 38.8 Å². The number of nitriles is 1. The molecule has 0 aliphatic rings. The second-order valence-electron chi connectivity index (χ2n) is 10.0. The van der Waals surface area contributed by atoms with Crippen molar-refractivity contribution in [2.24, 2.45) is 10.2 Å². The van der Waals surface area contributed by atoms with Crippen LogP contribution in [0.1, 0.15) is 39.1 Å². The minimum atomic E-state index is -4.47. The van der Waals surface area contributed by atoms with E-state index < -0.39 is 20.2 Å². The second-order valence-corrected chi connectivity index (χ2v) is 13.8. The lowest BCUT2D eigenvalue weighted by atomic mass is 10.1. The lowest BCUT2D eigenvalue weighted by molar-refractivity contribution is 0.481. The van der Waals surface area contributed by atoms with E-state index in [4.69, 9.17) is 6.57 Å². The maximum Gasteiger partial charge on any atom is 0.294 e. The van der Waals surface area contributed by atoms with Crippen LogP contribution in [0.15, 0.2) is 44.3 Å². The third kappa shape index (κ3) is 6.98. The number of hydrogen-bond donors (Lipinski definition) is 4. The molecule has 0 aliphatic heterocycles. The van der Waals surface area contributed by atoms with Gasteiger partial charge in [0.15, 0.2) is 11.6 Å². The highest BCUT2D eigenvalue weighted by Crippen LogP contribution is 2.40. The summed E-state index contributed by atoms with van der Waals surface area (Å²) in [5.74, 6) is 0.208. The fourth-order valence-electron chi connectivity index (χ4n) is 4.52. The predicted octanol–water partition coefficient (Wildman–Crippen LogP) is 7.21. The highest BCUT2D eigenvalue weighted by molar-refractivity contribution is 7.86. The Morgan fingerprint density at radius 2 is 1.29 bits per heavy atom. The summed E-state index contributed by atoms with van der Waals surface area (Å²) in [5.41, 5.74) is 3.80. The zero-order chi connectivity index (χ0) is 33.4. The molecule has 0 bridgehead atoms. The van der Waals surface area contributed by atoms with Gasteiger partial charge in [-0.05, 0) is 88.1 Å². The van der Waals surface area contributed by atoms with Crippen molar-refractivity contribution in [1.29, 1.82) is 5.26 Å². The molecule has 0 atom stereocenters. The van der Waals surface area contributed by atoms with Crippen LogP contribution in [0.5, 0.6) is 0 Å². The Hall–Kier alpha value is -4.78. The Morgan fingerprint density at radius 1 is 0.822 bits per heavy atom. The molecule has 0 amide bonds. The molecule has 0 unspecified atom stereocenters. The number of benzene rings is 2. The van der Waals surface area contributed by atoms with Gasteiger partial charge in [0.1, 0.15) is 11.8 Å². The average molecular weight is 667 g/mol. The van der Waals surface area contributed by atoms with Gasteiger partial charge in [-0.3, -0.25) is 9.11 Å². The van der Waals surface area contributed by atoms with E-state index in [2.05, 4.69) is 41.7 Å². The minimum Gasteiger partial charge on any atom is -0.339 e. The molecule has 0 saturated carbocycles. The molecule has 2 aromatic heterocycles. The van der Waals surface area contributed by atoms with Gasteiger partial charge in [0.2, 0.25) is 5.13 Å². The molecular weight excluding hydrogens is 641 g/mol. The van der Waals surface area contributed by atoms with Gasteiger partial charge in [-0.1, -0.05) is 0 Å². The number of thiazole rings is 1. The van der Waals surface area contributed by atoms with Crippen molar-refractivity contribution < 1.29 is 25.9 Å². The molecule has 45 heavy (non-hydrogen) atoms. The second kappa shape index (κ2) is 12.3. The van der Waals surface area contributed by atoms with Crippen LogP contribution in [-0.2, 0) is 20.2 Å². The van der Waals surface area contributed by atoms with E-state index >= 15 is 0 Å². The Labute approximate surface area is 263 Å². The van der Waals surface area contributed by atoms with Crippen molar-refractivity contribution >= 4 is 70.4 Å². The number of pyridine rings is 1. The Morgan fingerprint density at radius 3 is 1.69 bits per heavy atom. The van der Waals surface area contributed by atoms with Gasteiger partial charge in [-0.25, -0.2) is 14.8 Å². The smallest absolute Gasteiger partial charge is 0.294 e. The summed E-state index contributed by atoms with van der Waals surface area (Å²) in [6, 6.07) is 7.25. The van der Waals surface area contributed by atoms with E-state index in [1.807, 2.05) is 0 Å². The molecule has 0 saturated heterocycles. The zero-order valence-electron chi connectivity index (χ0n) is 24.7. The van der Waals surface area contributed by atoms with Crippen LogP contribution in [0.3, 0.4) is 0 Å². The number of aryl methyl sites for hydroxylation is 5. The van der Waals surface area contributed by atoms with E-state index in [0.717, 1.165) is 11.3 Å². The summed E-state index contributed by atoms with van der Waals surface area (Å²) in [7, 11) is -8.93. The molecule has 0 spiro atoms. The highest BCUT2D eigenvalue weighted by atomic mass is 32.2. The molecule has 2 heterocycles. The first-order valence-electron chi connectivity index (χ1n) is 12.9. The van der Waals surface area contributed by atoms with Crippen molar-refractivity contribution in [3.8, 4) is 6.07 Å². The van der Waals surface area contributed by atoms with Crippen molar-refractivity contribution in [3.63, 3.8) is 0 Å². The lowest BCUT2D eigenvalue weighted by Crippen LogP contribution is -2.08. The fourth-order valence-corrected chi connectivity index (χ4v) is 6.50. The van der Waals surface area contributed by atoms with Gasteiger partial charge in [-0.2, -0.15) is 22.1 Å². The summed E-state index contributed by atoms with van der Waals surface area (Å²) in [5, 5.41) is 25.5. The maximum atomic E-state index is 11.8. The van der Waals surface area contributed by atoms with E-state index in [0.29, 0.717) is 49.9 Å². The van der Waals surface area contributed by atoms with Gasteiger partial charge in [0, 0.05) is 16.9 Å². The number of aromatic nitrogens is 2. The van der Waals surface area contributed by atoms with Crippen LogP contribution in [0, 0.1) is 59.4 Å². The molecule has 0 fully saturated rings. The standard InChI is InChI=1S/C28H26N8O6S3/c1-13-8-19(44(37,38)39)9-14(2)22(13)32-25-21(12-29)17(5)24(35-36-28-31-18(6)27(30-7)43-28)26(34-25)33-23-15(3)10-20(11-16(23)4)45(40,41)42/h8-11H,1-6H3,(H2,32,33,34)(H,37,38,39)(H,40,41,42). The Balaban J connectivity index is 1.93. The summed E-state index contributed by atoms with van der Waals surface area (Å²) in [6.07, 6.45) is 0. The number of azo groups is 1. The summed E-state index contributed by atoms with van der Waals surface area (Å²) in [4.78, 5) is 11.7. The van der Waals surface area contributed by atoms with Crippen molar-refractivity contribution in [3.05, 3.63) is 74.8 Å². The van der Waals surface area contributed by atoms with E-state index in [-0.39, 0.29) is 37.8 Å². The quantitative estimate of drug-likeness (QED) is 0.0838. The number of rotatable bonds is 8. The normalized spacial score (nSPS) is 11.8. The summed E-state index contributed by atoms with van der Waals surface area (Å²) >= 11 is 1.04. The van der Waals surface area contributed by atoms with Gasteiger partial charge in [-0.15, -0.1) is 21.6 Å². The van der Waals surface area contributed by atoms with Crippen molar-refractivity contribution in [2.75, 3.05) is 10.6 Å². The van der Waals surface area contributed by atoms with E-state index in [1.165, 1.54) is 24.3 Å². The minimum absolute atomic E-state index is 0.0903. The molecule has 0 aliphatic carbocycles. The van der Waals surface area contributed by atoms with Crippen molar-refractivity contribution in [2.45, 2.75) is 51.3 Å². The van der Waals surface area contributed by atoms with Crippen molar-refractivity contribution in [1.82, 2.24) is 9.97 Å². The third-order valence-corrected chi connectivity index (χ3v) is 9.32. The summed E-state index contributed by atoms with van der Waals surface area (Å²) in [6.45, 7) is 17.1. The third-order valence-electron chi connectivity index (χ3n) is 6.72.